The molecule has 0 atom stereocenters. The number of hydrogen-bond donors (Lipinski definition) is 0. The Hall–Kier alpha value is -0.920. The van der Waals surface area contributed by atoms with E-state index in [1.54, 1.807) is 0 Å². The number of rotatable bonds is 2. The van der Waals surface area contributed by atoms with E-state index < -0.39 is 0 Å². The minimum Gasteiger partial charge on any atom is -0.492 e. The Morgan fingerprint density at radius 3 is 2.89 bits per heavy atom. The molecule has 2 nitrogen and oxygen atoms in total. The van der Waals surface area contributed by atoms with Crippen molar-refractivity contribution >= 4 is 0 Å². The van der Waals surface area contributed by atoms with E-state index in [4.69, 9.17) is 4.74 Å². The van der Waals surface area contributed by atoms with Crippen LogP contribution in [0.3, 0.4) is 0 Å². The molecule has 2 heteroatoms. The fraction of sp³-hybridized carbons (Fsp3) is 0.429. The fourth-order valence-electron chi connectivity index (χ4n) is 0.730. The number of hydrogen-bond acceptors (Lipinski definition) is 1. The molecule has 1 aromatic heterocycles. The number of aryl methyl sites for hydroxylation is 1. The molecule has 9 heavy (non-hydrogen) atoms. The second-order valence-electron chi connectivity index (χ2n) is 1.95. The first kappa shape index (κ1) is 6.20. The highest BCUT2D eigenvalue weighted by Crippen LogP contribution is 2.08. The van der Waals surface area contributed by atoms with Crippen LogP contribution in [-0.2, 0) is 7.05 Å². The number of nitrogens with zero attached hydrogens (tertiary/aromatic N) is 1. The molecule has 0 aromatic carbocycles. The average Bonchev–Trinajstić information content (AvgIpc) is 2.17. The maximum absolute atomic E-state index is 5.21. The van der Waals surface area contributed by atoms with Crippen LogP contribution in [-0.4, -0.2) is 11.2 Å². The third-order valence-corrected chi connectivity index (χ3v) is 1.12. The molecule has 50 valence electrons. The van der Waals surface area contributed by atoms with Gasteiger partial charge in [-0.25, -0.2) is 0 Å². The molecule has 0 unspecified atom stereocenters. The first-order valence-electron chi connectivity index (χ1n) is 3.07. The van der Waals surface area contributed by atoms with E-state index in [1.165, 1.54) is 0 Å². The fourth-order valence-corrected chi connectivity index (χ4v) is 0.730. The van der Waals surface area contributed by atoms with Crippen molar-refractivity contribution in [1.82, 2.24) is 4.57 Å². The molecule has 0 bridgehead atoms. The van der Waals surface area contributed by atoms with Gasteiger partial charge in [0.1, 0.15) is 5.75 Å². The predicted octanol–water partition coefficient (Wildman–Crippen LogP) is 1.42. The molecule has 0 aliphatic carbocycles. The van der Waals surface area contributed by atoms with Gasteiger partial charge in [-0.05, 0) is 13.0 Å². The van der Waals surface area contributed by atoms with Crippen LogP contribution in [0, 0.1) is 0 Å². The Labute approximate surface area is 55.1 Å². The van der Waals surface area contributed by atoms with E-state index in [9.17, 15) is 0 Å². The zero-order chi connectivity index (χ0) is 6.69. The minimum absolute atomic E-state index is 0.740. The SMILES string of the molecule is CCOc1ccn(C)c1. The Morgan fingerprint density at radius 1 is 1.67 bits per heavy atom. The topological polar surface area (TPSA) is 14.2 Å². The smallest absolute Gasteiger partial charge is 0.136 e. The van der Waals surface area contributed by atoms with Crippen LogP contribution in [0.15, 0.2) is 18.5 Å². The highest BCUT2D eigenvalue weighted by Gasteiger charge is 1.89. The lowest BCUT2D eigenvalue weighted by molar-refractivity contribution is 0.340. The molecule has 0 aliphatic heterocycles. The third kappa shape index (κ3) is 1.49. The second-order valence-corrected chi connectivity index (χ2v) is 1.95. The monoisotopic (exact) mass is 125 g/mol. The Bertz CT molecular complexity index is 181. The maximum atomic E-state index is 5.21. The zero-order valence-electron chi connectivity index (χ0n) is 5.79. The van der Waals surface area contributed by atoms with Gasteiger partial charge in [-0.1, -0.05) is 0 Å². The molecule has 1 heterocycles. The van der Waals surface area contributed by atoms with Crippen molar-refractivity contribution in [3.05, 3.63) is 18.5 Å². The lowest BCUT2D eigenvalue weighted by Crippen LogP contribution is -1.88. The molecule has 0 radical (unpaired) electrons. The normalized spacial score (nSPS) is 9.56. The Morgan fingerprint density at radius 2 is 2.44 bits per heavy atom. The summed E-state index contributed by atoms with van der Waals surface area (Å²) < 4.78 is 7.17. The Kier molecular flexibility index (Phi) is 1.78. The van der Waals surface area contributed by atoms with Crippen molar-refractivity contribution in [1.29, 1.82) is 0 Å². The second kappa shape index (κ2) is 2.58. The standard InChI is InChI=1S/C7H11NO/c1-3-9-7-4-5-8(2)6-7/h4-6H,3H2,1-2H3. The van der Waals surface area contributed by atoms with Crippen molar-refractivity contribution in [2.75, 3.05) is 6.61 Å². The average molecular weight is 125 g/mol. The van der Waals surface area contributed by atoms with Gasteiger partial charge in [-0.15, -0.1) is 0 Å². The lowest BCUT2D eigenvalue weighted by Gasteiger charge is -1.95. The summed E-state index contributed by atoms with van der Waals surface area (Å²) in [5, 5.41) is 0. The quantitative estimate of drug-likeness (QED) is 0.583. The molecule has 1 aromatic rings. The molecule has 0 spiro atoms. The molecule has 0 saturated heterocycles. The van der Waals surface area contributed by atoms with Crippen LogP contribution in [0.4, 0.5) is 0 Å². The van der Waals surface area contributed by atoms with E-state index in [0.717, 1.165) is 12.4 Å². The number of aromatic nitrogens is 1. The highest BCUT2D eigenvalue weighted by atomic mass is 16.5. The van der Waals surface area contributed by atoms with Crippen LogP contribution >= 0.6 is 0 Å². The van der Waals surface area contributed by atoms with Gasteiger partial charge in [0.05, 0.1) is 6.61 Å². The molecule has 0 N–H and O–H groups in total. The van der Waals surface area contributed by atoms with Crippen molar-refractivity contribution in [3.8, 4) is 5.75 Å². The zero-order valence-corrected chi connectivity index (χ0v) is 5.79. The first-order valence-corrected chi connectivity index (χ1v) is 3.07. The maximum Gasteiger partial charge on any atom is 0.136 e. The van der Waals surface area contributed by atoms with Crippen molar-refractivity contribution in [2.45, 2.75) is 6.92 Å². The van der Waals surface area contributed by atoms with Gasteiger partial charge >= 0.3 is 0 Å². The summed E-state index contributed by atoms with van der Waals surface area (Å²) in [5.74, 6) is 0.944. The summed E-state index contributed by atoms with van der Waals surface area (Å²) in [6, 6.07) is 1.95. The van der Waals surface area contributed by atoms with Crippen LogP contribution in [0.2, 0.25) is 0 Å². The van der Waals surface area contributed by atoms with Gasteiger partial charge in [0.2, 0.25) is 0 Å². The largest absolute Gasteiger partial charge is 0.492 e. The van der Waals surface area contributed by atoms with E-state index in [-0.39, 0.29) is 0 Å². The molecule has 0 aliphatic rings. The van der Waals surface area contributed by atoms with Crippen LogP contribution < -0.4 is 4.74 Å². The minimum atomic E-state index is 0.740. The summed E-state index contributed by atoms with van der Waals surface area (Å²) in [6.45, 7) is 2.72. The van der Waals surface area contributed by atoms with Gasteiger partial charge in [-0.3, -0.25) is 0 Å². The molecule has 0 fully saturated rings. The summed E-state index contributed by atoms with van der Waals surface area (Å²) in [6.07, 6.45) is 3.91. The molecular formula is C7H11NO. The summed E-state index contributed by atoms with van der Waals surface area (Å²) >= 11 is 0. The van der Waals surface area contributed by atoms with Crippen LogP contribution in [0.1, 0.15) is 6.92 Å². The van der Waals surface area contributed by atoms with Gasteiger partial charge in [-0.2, -0.15) is 0 Å². The molecule has 1 rings (SSSR count). The Balaban J connectivity index is 2.61. The van der Waals surface area contributed by atoms with Crippen molar-refractivity contribution < 1.29 is 4.74 Å². The highest BCUT2D eigenvalue weighted by molar-refractivity contribution is 5.16. The molecule has 0 amide bonds. The van der Waals surface area contributed by atoms with E-state index in [1.807, 2.05) is 37.0 Å². The lowest BCUT2D eigenvalue weighted by atomic mass is 10.6. The van der Waals surface area contributed by atoms with Gasteiger partial charge in [0.15, 0.2) is 0 Å². The molecular weight excluding hydrogens is 114 g/mol. The number of ether oxygens (including phenoxy) is 1. The van der Waals surface area contributed by atoms with Gasteiger partial charge in [0.25, 0.3) is 0 Å². The van der Waals surface area contributed by atoms with Crippen molar-refractivity contribution in [3.63, 3.8) is 0 Å². The van der Waals surface area contributed by atoms with E-state index >= 15 is 0 Å². The van der Waals surface area contributed by atoms with Crippen LogP contribution in [0.25, 0.3) is 0 Å². The van der Waals surface area contributed by atoms with E-state index in [2.05, 4.69) is 0 Å². The summed E-state index contributed by atoms with van der Waals surface area (Å²) in [5.41, 5.74) is 0. The summed E-state index contributed by atoms with van der Waals surface area (Å²) in [7, 11) is 1.97. The third-order valence-electron chi connectivity index (χ3n) is 1.12. The van der Waals surface area contributed by atoms with Crippen LogP contribution in [0.5, 0.6) is 5.75 Å². The van der Waals surface area contributed by atoms with Crippen molar-refractivity contribution in [2.24, 2.45) is 7.05 Å². The van der Waals surface area contributed by atoms with Gasteiger partial charge in [0, 0.05) is 19.4 Å². The predicted molar refractivity (Wildman–Crippen MR) is 36.6 cm³/mol. The van der Waals surface area contributed by atoms with E-state index in [0.29, 0.717) is 0 Å². The molecule has 0 saturated carbocycles. The summed E-state index contributed by atoms with van der Waals surface area (Å²) in [4.78, 5) is 0. The van der Waals surface area contributed by atoms with Gasteiger partial charge < -0.3 is 9.30 Å². The first-order chi connectivity index (χ1) is 4.33.